The second kappa shape index (κ2) is 8.81. The molecule has 4 rings (SSSR count). The summed E-state index contributed by atoms with van der Waals surface area (Å²) in [5, 5.41) is 5.51. The van der Waals surface area contributed by atoms with E-state index in [-0.39, 0.29) is 11.8 Å². The Morgan fingerprint density at radius 1 is 1.10 bits per heavy atom. The lowest BCUT2D eigenvalue weighted by atomic mass is 10.2. The molecule has 2 aromatic carbocycles. The molecule has 30 heavy (non-hydrogen) atoms. The van der Waals surface area contributed by atoms with E-state index in [1.807, 2.05) is 66.9 Å². The number of amides is 1. The van der Waals surface area contributed by atoms with Crippen molar-refractivity contribution in [3.05, 3.63) is 60.0 Å². The molecule has 8 heteroatoms. The van der Waals surface area contributed by atoms with Crippen molar-refractivity contribution >= 4 is 51.1 Å². The highest BCUT2D eigenvalue weighted by Crippen LogP contribution is 2.30. The summed E-state index contributed by atoms with van der Waals surface area (Å²) in [6, 6.07) is 17.3. The molecule has 0 spiro atoms. The van der Waals surface area contributed by atoms with Gasteiger partial charge in [0.25, 0.3) is 0 Å². The normalized spacial score (nSPS) is 12.1. The number of para-hydroxylation sites is 2. The minimum absolute atomic E-state index is 0.131. The van der Waals surface area contributed by atoms with Crippen molar-refractivity contribution in [2.45, 2.75) is 30.7 Å². The third-order valence-corrected chi connectivity index (χ3v) is 6.63. The summed E-state index contributed by atoms with van der Waals surface area (Å²) in [4.78, 5) is 34.2. The van der Waals surface area contributed by atoms with E-state index in [4.69, 9.17) is 0 Å². The maximum atomic E-state index is 12.9. The highest BCUT2D eigenvalue weighted by molar-refractivity contribution is 8.00. The first kappa shape index (κ1) is 20.3. The average molecular weight is 437 g/mol. The Labute approximate surface area is 182 Å². The lowest BCUT2D eigenvalue weighted by Crippen LogP contribution is -2.25. The van der Waals surface area contributed by atoms with E-state index >= 15 is 0 Å². The number of hydrogen-bond acceptors (Lipinski definition) is 6. The number of carbonyl (C=O) groups is 2. The van der Waals surface area contributed by atoms with Crippen LogP contribution in [0, 0.1) is 0 Å². The fourth-order valence-electron chi connectivity index (χ4n) is 3.10. The fraction of sp³-hybridized carbons (Fsp3) is 0.182. The van der Waals surface area contributed by atoms with E-state index in [1.165, 1.54) is 30.0 Å². The quantitative estimate of drug-likeness (QED) is 0.414. The van der Waals surface area contributed by atoms with Crippen LogP contribution < -0.4 is 5.32 Å². The van der Waals surface area contributed by atoms with Crippen LogP contribution >= 0.6 is 23.1 Å². The number of thiazole rings is 1. The van der Waals surface area contributed by atoms with Crippen LogP contribution in [0.25, 0.3) is 22.3 Å². The van der Waals surface area contributed by atoms with Gasteiger partial charge in [0.05, 0.1) is 22.0 Å². The van der Waals surface area contributed by atoms with Crippen molar-refractivity contribution in [2.75, 3.05) is 5.32 Å². The summed E-state index contributed by atoms with van der Waals surface area (Å²) in [5.74, 6) is -0.285. The summed E-state index contributed by atoms with van der Waals surface area (Å²) in [7, 11) is 0. The molecule has 0 aliphatic rings. The van der Waals surface area contributed by atoms with Crippen molar-refractivity contribution in [1.82, 2.24) is 14.5 Å². The Hall–Kier alpha value is -2.97. The van der Waals surface area contributed by atoms with Crippen molar-refractivity contribution in [3.63, 3.8) is 0 Å². The molecule has 6 nitrogen and oxygen atoms in total. The van der Waals surface area contributed by atoms with Crippen LogP contribution in [0.15, 0.2) is 65.1 Å². The summed E-state index contributed by atoms with van der Waals surface area (Å²) < 4.78 is 1.56. The topological polar surface area (TPSA) is 76.9 Å². The third kappa shape index (κ3) is 4.15. The monoisotopic (exact) mass is 436 g/mol. The van der Waals surface area contributed by atoms with Gasteiger partial charge in [-0.1, -0.05) is 61.2 Å². The number of aromatic nitrogens is 3. The first-order valence-corrected chi connectivity index (χ1v) is 11.3. The smallest absolute Gasteiger partial charge is 0.239 e. The molecule has 0 saturated carbocycles. The molecule has 2 heterocycles. The summed E-state index contributed by atoms with van der Waals surface area (Å²) in [5.41, 5.74) is 3.31. The minimum atomic E-state index is -0.399. The number of nitrogens with zero attached hydrogens (tertiary/aromatic N) is 3. The van der Waals surface area contributed by atoms with Crippen LogP contribution in [-0.2, 0) is 4.79 Å². The summed E-state index contributed by atoms with van der Waals surface area (Å²) >= 11 is 2.69. The molecule has 1 atom stereocenters. The van der Waals surface area contributed by atoms with Crippen LogP contribution in [-0.4, -0.2) is 31.6 Å². The van der Waals surface area contributed by atoms with E-state index < -0.39 is 5.25 Å². The van der Waals surface area contributed by atoms with E-state index in [0.29, 0.717) is 16.7 Å². The van der Waals surface area contributed by atoms with Crippen LogP contribution in [0.4, 0.5) is 5.13 Å². The first-order chi connectivity index (χ1) is 14.6. The molecule has 0 aliphatic carbocycles. The Kier molecular flexibility index (Phi) is 5.96. The number of carbonyl (C=O) groups excluding carboxylic acids is 2. The average Bonchev–Trinajstić information content (AvgIpc) is 3.36. The van der Waals surface area contributed by atoms with Crippen LogP contribution in [0.1, 0.15) is 25.1 Å². The standard InChI is InChI=1S/C22H20N4O2S2/c1-3-19(30-22-24-16-11-7-8-12-18(16)26(22)14(2)27)20(28)25-21-23-17(13-29-21)15-9-5-4-6-10-15/h4-13,19H,3H2,1-2H3,(H,23,25,28)/t19-/m1/s1. The number of fused-ring (bicyclic) bond motifs is 1. The highest BCUT2D eigenvalue weighted by Gasteiger charge is 2.24. The molecule has 1 N–H and O–H groups in total. The van der Waals surface area contributed by atoms with Gasteiger partial charge in [0.15, 0.2) is 10.3 Å². The predicted octanol–water partition coefficient (Wildman–Crippen LogP) is 5.33. The molecule has 152 valence electrons. The van der Waals surface area contributed by atoms with Gasteiger partial charge in [0.1, 0.15) is 0 Å². The van der Waals surface area contributed by atoms with Crippen molar-refractivity contribution in [2.24, 2.45) is 0 Å². The maximum Gasteiger partial charge on any atom is 0.239 e. The van der Waals surface area contributed by atoms with Crippen molar-refractivity contribution in [1.29, 1.82) is 0 Å². The van der Waals surface area contributed by atoms with E-state index in [2.05, 4.69) is 15.3 Å². The second-order valence-corrected chi connectivity index (χ2v) is 8.67. The van der Waals surface area contributed by atoms with E-state index in [1.54, 1.807) is 4.57 Å². The van der Waals surface area contributed by atoms with Gasteiger partial charge in [-0.15, -0.1) is 11.3 Å². The molecule has 0 saturated heterocycles. The molecule has 0 aliphatic heterocycles. The fourth-order valence-corrected chi connectivity index (χ4v) is 4.89. The van der Waals surface area contributed by atoms with Gasteiger partial charge in [-0.2, -0.15) is 0 Å². The summed E-state index contributed by atoms with van der Waals surface area (Å²) in [6.45, 7) is 3.44. The molecule has 1 amide bonds. The number of imidazole rings is 1. The van der Waals surface area contributed by atoms with E-state index in [0.717, 1.165) is 22.3 Å². The Balaban J connectivity index is 1.53. The highest BCUT2D eigenvalue weighted by atomic mass is 32.2. The lowest BCUT2D eigenvalue weighted by Gasteiger charge is -2.13. The molecule has 0 radical (unpaired) electrons. The summed E-state index contributed by atoms with van der Waals surface area (Å²) in [6.07, 6.45) is 0.592. The first-order valence-electron chi connectivity index (χ1n) is 9.53. The lowest BCUT2D eigenvalue weighted by molar-refractivity contribution is -0.115. The number of benzene rings is 2. The molecule has 0 bridgehead atoms. The van der Waals surface area contributed by atoms with Crippen molar-refractivity contribution in [3.8, 4) is 11.3 Å². The van der Waals surface area contributed by atoms with E-state index in [9.17, 15) is 9.59 Å². The Morgan fingerprint density at radius 2 is 1.83 bits per heavy atom. The van der Waals surface area contributed by atoms with Gasteiger partial charge >= 0.3 is 0 Å². The zero-order valence-electron chi connectivity index (χ0n) is 16.5. The van der Waals surface area contributed by atoms with Crippen LogP contribution in [0.2, 0.25) is 0 Å². The number of hydrogen-bond donors (Lipinski definition) is 1. The minimum Gasteiger partial charge on any atom is -0.301 e. The Morgan fingerprint density at radius 3 is 2.57 bits per heavy atom. The largest absolute Gasteiger partial charge is 0.301 e. The zero-order valence-corrected chi connectivity index (χ0v) is 18.2. The van der Waals surface area contributed by atoms with Gasteiger partial charge in [-0.25, -0.2) is 9.97 Å². The SMILES string of the molecule is CC[C@@H](Sc1nc2ccccc2n1C(C)=O)C(=O)Nc1nc(-c2ccccc2)cs1. The van der Waals surface area contributed by atoms with Crippen LogP contribution in [0.3, 0.4) is 0 Å². The van der Waals surface area contributed by atoms with Gasteiger partial charge in [-0.05, 0) is 18.6 Å². The number of rotatable bonds is 6. The molecule has 2 aromatic heterocycles. The van der Waals surface area contributed by atoms with Crippen LogP contribution in [0.5, 0.6) is 0 Å². The number of anilines is 1. The number of nitrogens with one attached hydrogen (secondary N) is 1. The van der Waals surface area contributed by atoms with Gasteiger partial charge in [-0.3, -0.25) is 14.2 Å². The second-order valence-electron chi connectivity index (χ2n) is 6.65. The number of thioether (sulfide) groups is 1. The molecular formula is C22H20N4O2S2. The van der Waals surface area contributed by atoms with Gasteiger partial charge < -0.3 is 5.32 Å². The molecule has 0 unspecified atom stereocenters. The van der Waals surface area contributed by atoms with Gasteiger partial charge in [0.2, 0.25) is 11.8 Å². The third-order valence-electron chi connectivity index (χ3n) is 4.56. The maximum absolute atomic E-state index is 12.9. The predicted molar refractivity (Wildman–Crippen MR) is 122 cm³/mol. The zero-order chi connectivity index (χ0) is 21.1. The Bertz CT molecular complexity index is 1200. The van der Waals surface area contributed by atoms with Crippen molar-refractivity contribution < 1.29 is 9.59 Å². The van der Waals surface area contributed by atoms with Gasteiger partial charge in [0, 0.05) is 17.9 Å². The molecular weight excluding hydrogens is 416 g/mol. The molecule has 0 fully saturated rings. The molecule has 4 aromatic rings.